The summed E-state index contributed by atoms with van der Waals surface area (Å²) in [5, 5.41) is 3.85. The lowest BCUT2D eigenvalue weighted by Gasteiger charge is -2.33. The highest BCUT2D eigenvalue weighted by Gasteiger charge is 2.32. The first-order valence-corrected chi connectivity index (χ1v) is 11.0. The molecule has 2 N–H and O–H groups in total. The molecule has 0 spiro atoms. The summed E-state index contributed by atoms with van der Waals surface area (Å²) in [6.07, 6.45) is 4.29. The van der Waals surface area contributed by atoms with Gasteiger partial charge in [0.2, 0.25) is 11.8 Å². The standard InChI is InChI=1S/C23H23N3O2S/c27-22(13-21-23(28)25-19-7-3-4-8-20(19)29-21)26-11-9-15(10-12-26)17-14-24-18-6-2-1-5-16(17)18/h1-8,14-15,21,24H,9-13H2,(H,25,28)/t21-/m1/s1. The van der Waals surface area contributed by atoms with Gasteiger partial charge in [0.05, 0.1) is 10.9 Å². The van der Waals surface area contributed by atoms with Gasteiger partial charge in [-0.3, -0.25) is 9.59 Å². The van der Waals surface area contributed by atoms with E-state index in [0.717, 1.165) is 36.5 Å². The van der Waals surface area contributed by atoms with Crippen LogP contribution in [0.15, 0.2) is 59.6 Å². The van der Waals surface area contributed by atoms with Gasteiger partial charge in [0.1, 0.15) is 0 Å². The van der Waals surface area contributed by atoms with Gasteiger partial charge in [0, 0.05) is 41.5 Å². The smallest absolute Gasteiger partial charge is 0.238 e. The second kappa shape index (κ2) is 7.59. The molecule has 2 aromatic carbocycles. The lowest BCUT2D eigenvalue weighted by atomic mass is 9.89. The van der Waals surface area contributed by atoms with Crippen LogP contribution in [0.4, 0.5) is 5.69 Å². The summed E-state index contributed by atoms with van der Waals surface area (Å²) in [6.45, 7) is 1.50. The van der Waals surface area contributed by atoms with Crippen LogP contribution in [0.5, 0.6) is 0 Å². The Morgan fingerprint density at radius 3 is 2.69 bits per heavy atom. The second-order valence-corrected chi connectivity index (χ2v) is 8.99. The van der Waals surface area contributed by atoms with E-state index in [4.69, 9.17) is 0 Å². The number of nitrogens with one attached hydrogen (secondary N) is 2. The highest BCUT2D eigenvalue weighted by Crippen LogP contribution is 2.37. The van der Waals surface area contributed by atoms with Crippen molar-refractivity contribution in [3.05, 3.63) is 60.3 Å². The number of anilines is 1. The molecule has 3 aromatic rings. The summed E-state index contributed by atoms with van der Waals surface area (Å²) < 4.78 is 0. The van der Waals surface area contributed by atoms with Gasteiger partial charge in [0.25, 0.3) is 0 Å². The van der Waals surface area contributed by atoms with Gasteiger partial charge in [-0.15, -0.1) is 11.8 Å². The molecular weight excluding hydrogens is 382 g/mol. The highest BCUT2D eigenvalue weighted by molar-refractivity contribution is 8.01. The average Bonchev–Trinajstić information content (AvgIpc) is 3.18. The van der Waals surface area contributed by atoms with Gasteiger partial charge in [-0.25, -0.2) is 0 Å². The predicted molar refractivity (Wildman–Crippen MR) is 116 cm³/mol. The van der Waals surface area contributed by atoms with Crippen molar-refractivity contribution in [2.24, 2.45) is 0 Å². The molecule has 1 saturated heterocycles. The zero-order valence-electron chi connectivity index (χ0n) is 16.1. The molecule has 148 valence electrons. The van der Waals surface area contributed by atoms with Crippen LogP contribution < -0.4 is 5.32 Å². The fourth-order valence-corrected chi connectivity index (χ4v) is 5.49. The fourth-order valence-electron chi connectivity index (χ4n) is 4.39. The lowest BCUT2D eigenvalue weighted by molar-refractivity contribution is -0.133. The quantitative estimate of drug-likeness (QED) is 0.680. The van der Waals surface area contributed by atoms with Crippen LogP contribution in [0.2, 0.25) is 0 Å². The van der Waals surface area contributed by atoms with Crippen molar-refractivity contribution in [1.82, 2.24) is 9.88 Å². The van der Waals surface area contributed by atoms with E-state index in [1.54, 1.807) is 0 Å². The molecule has 2 aliphatic rings. The van der Waals surface area contributed by atoms with Crippen molar-refractivity contribution >= 4 is 40.2 Å². The molecule has 29 heavy (non-hydrogen) atoms. The largest absolute Gasteiger partial charge is 0.361 e. The topological polar surface area (TPSA) is 65.2 Å². The van der Waals surface area contributed by atoms with Crippen molar-refractivity contribution in [2.45, 2.75) is 35.3 Å². The molecular formula is C23H23N3O2S. The Morgan fingerprint density at radius 1 is 1.07 bits per heavy atom. The summed E-state index contributed by atoms with van der Waals surface area (Å²) in [4.78, 5) is 31.6. The van der Waals surface area contributed by atoms with E-state index in [1.165, 1.54) is 28.2 Å². The van der Waals surface area contributed by atoms with Crippen LogP contribution >= 0.6 is 11.8 Å². The molecule has 1 fully saturated rings. The van der Waals surface area contributed by atoms with E-state index in [2.05, 4.69) is 34.7 Å². The number of hydrogen-bond donors (Lipinski definition) is 2. The number of hydrogen-bond acceptors (Lipinski definition) is 3. The number of aromatic nitrogens is 1. The van der Waals surface area contributed by atoms with Crippen LogP contribution in [0.1, 0.15) is 30.7 Å². The summed E-state index contributed by atoms with van der Waals surface area (Å²) in [5.74, 6) is 0.472. The second-order valence-electron chi connectivity index (χ2n) is 7.74. The van der Waals surface area contributed by atoms with E-state index >= 15 is 0 Å². The predicted octanol–water partition coefficient (Wildman–Crippen LogP) is 4.38. The third-order valence-electron chi connectivity index (χ3n) is 5.98. The minimum absolute atomic E-state index is 0.0734. The van der Waals surface area contributed by atoms with E-state index in [-0.39, 0.29) is 23.5 Å². The maximum Gasteiger partial charge on any atom is 0.238 e. The van der Waals surface area contributed by atoms with Gasteiger partial charge in [-0.2, -0.15) is 0 Å². The molecule has 3 heterocycles. The zero-order chi connectivity index (χ0) is 19.8. The number of para-hydroxylation sites is 2. The van der Waals surface area contributed by atoms with E-state index < -0.39 is 0 Å². The molecule has 0 bridgehead atoms. The molecule has 1 atom stereocenters. The molecule has 6 heteroatoms. The Labute approximate surface area is 173 Å². The number of amides is 2. The van der Waals surface area contributed by atoms with Gasteiger partial charge in [-0.1, -0.05) is 30.3 Å². The number of aromatic amines is 1. The number of fused-ring (bicyclic) bond motifs is 2. The Kier molecular flexibility index (Phi) is 4.79. The number of thioether (sulfide) groups is 1. The van der Waals surface area contributed by atoms with Crippen LogP contribution in [-0.4, -0.2) is 40.0 Å². The minimum Gasteiger partial charge on any atom is -0.361 e. The number of benzene rings is 2. The van der Waals surface area contributed by atoms with E-state index in [1.807, 2.05) is 35.2 Å². The summed E-state index contributed by atoms with van der Waals surface area (Å²) in [7, 11) is 0. The monoisotopic (exact) mass is 405 g/mol. The van der Waals surface area contributed by atoms with Gasteiger partial charge in [0.15, 0.2) is 0 Å². The van der Waals surface area contributed by atoms with Crippen molar-refractivity contribution in [2.75, 3.05) is 18.4 Å². The molecule has 1 aromatic heterocycles. The SMILES string of the molecule is O=C1Nc2ccccc2S[C@@H]1CC(=O)N1CCC(c2c[nH]c3ccccc23)CC1. The third-order valence-corrected chi connectivity index (χ3v) is 7.25. The van der Waals surface area contributed by atoms with Crippen LogP contribution in [-0.2, 0) is 9.59 Å². The fraction of sp³-hybridized carbons (Fsp3) is 0.304. The lowest BCUT2D eigenvalue weighted by Crippen LogP contribution is -2.41. The van der Waals surface area contributed by atoms with Gasteiger partial charge in [-0.05, 0) is 42.5 Å². The normalized spacial score (nSPS) is 19.8. The summed E-state index contributed by atoms with van der Waals surface area (Å²) >= 11 is 1.49. The van der Waals surface area contributed by atoms with Crippen molar-refractivity contribution < 1.29 is 9.59 Å². The van der Waals surface area contributed by atoms with Gasteiger partial charge < -0.3 is 15.2 Å². The van der Waals surface area contributed by atoms with Crippen LogP contribution in [0.25, 0.3) is 10.9 Å². The highest BCUT2D eigenvalue weighted by atomic mass is 32.2. The molecule has 0 saturated carbocycles. The first kappa shape index (κ1) is 18.3. The Hall–Kier alpha value is -2.73. The first-order valence-electron chi connectivity index (χ1n) is 10.1. The number of likely N-dealkylation sites (tertiary alicyclic amines) is 1. The number of rotatable bonds is 3. The Bertz CT molecular complexity index is 1070. The van der Waals surface area contributed by atoms with E-state index in [9.17, 15) is 9.59 Å². The minimum atomic E-state index is -0.358. The third kappa shape index (κ3) is 3.53. The molecule has 0 radical (unpaired) electrons. The maximum atomic E-state index is 12.9. The van der Waals surface area contributed by atoms with Gasteiger partial charge >= 0.3 is 0 Å². The summed E-state index contributed by atoms with van der Waals surface area (Å²) in [5.41, 5.74) is 3.36. The number of piperidine rings is 1. The molecule has 2 amide bonds. The Balaban J connectivity index is 1.21. The first-order chi connectivity index (χ1) is 14.2. The Morgan fingerprint density at radius 2 is 1.83 bits per heavy atom. The molecule has 0 aliphatic carbocycles. The van der Waals surface area contributed by atoms with Crippen LogP contribution in [0, 0.1) is 0 Å². The van der Waals surface area contributed by atoms with Crippen molar-refractivity contribution in [1.29, 1.82) is 0 Å². The molecule has 5 nitrogen and oxygen atoms in total. The number of nitrogens with zero attached hydrogens (tertiary/aromatic N) is 1. The molecule has 0 unspecified atom stereocenters. The van der Waals surface area contributed by atoms with Crippen molar-refractivity contribution in [3.8, 4) is 0 Å². The van der Waals surface area contributed by atoms with E-state index in [0.29, 0.717) is 5.92 Å². The number of carbonyl (C=O) groups is 2. The van der Waals surface area contributed by atoms with Crippen molar-refractivity contribution in [3.63, 3.8) is 0 Å². The summed E-state index contributed by atoms with van der Waals surface area (Å²) in [6, 6.07) is 16.1. The maximum absolute atomic E-state index is 12.9. The zero-order valence-corrected chi connectivity index (χ0v) is 16.9. The number of carbonyl (C=O) groups excluding carboxylic acids is 2. The number of H-pyrrole nitrogens is 1. The molecule has 5 rings (SSSR count). The molecule has 2 aliphatic heterocycles. The average molecular weight is 406 g/mol. The van der Waals surface area contributed by atoms with Crippen LogP contribution in [0.3, 0.4) is 0 Å².